The summed E-state index contributed by atoms with van der Waals surface area (Å²) >= 11 is 0. The van der Waals surface area contributed by atoms with Gasteiger partial charge >= 0.3 is 17.9 Å². The fraction of sp³-hybridized carbons (Fsp3) is 0.526. The second-order valence-electron chi connectivity index (χ2n) is 6.22. The van der Waals surface area contributed by atoms with Crippen LogP contribution < -0.4 is 0 Å². The Labute approximate surface area is 147 Å². The zero-order chi connectivity index (χ0) is 19.3. The van der Waals surface area contributed by atoms with Crippen LogP contribution in [0.3, 0.4) is 0 Å². The molecule has 0 bridgehead atoms. The minimum atomic E-state index is -1.00. The van der Waals surface area contributed by atoms with Crippen LogP contribution in [-0.4, -0.2) is 33.2 Å². The number of aliphatic carboxylic acids is 3. The van der Waals surface area contributed by atoms with Crippen molar-refractivity contribution in [3.63, 3.8) is 0 Å². The topological polar surface area (TPSA) is 112 Å². The van der Waals surface area contributed by atoms with E-state index in [1.807, 2.05) is 0 Å². The van der Waals surface area contributed by atoms with Crippen molar-refractivity contribution in [1.82, 2.24) is 0 Å². The Morgan fingerprint density at radius 2 is 1.08 bits per heavy atom. The summed E-state index contributed by atoms with van der Waals surface area (Å²) in [6, 6.07) is 3.25. The van der Waals surface area contributed by atoms with Crippen LogP contribution in [0.15, 0.2) is 12.1 Å². The Balaban J connectivity index is 3.74. The van der Waals surface area contributed by atoms with Gasteiger partial charge in [0.05, 0.1) is 17.8 Å². The molecule has 6 nitrogen and oxygen atoms in total. The Kier molecular flexibility index (Phi) is 7.15. The van der Waals surface area contributed by atoms with Crippen molar-refractivity contribution in [1.29, 1.82) is 0 Å². The van der Waals surface area contributed by atoms with E-state index in [0.29, 0.717) is 41.5 Å². The van der Waals surface area contributed by atoms with E-state index in [1.165, 1.54) is 0 Å². The van der Waals surface area contributed by atoms with Crippen LogP contribution in [0.4, 0.5) is 0 Å². The van der Waals surface area contributed by atoms with Crippen LogP contribution in [-0.2, 0) is 14.4 Å². The smallest absolute Gasteiger partial charge is 0.310 e. The maximum absolute atomic E-state index is 11.6. The van der Waals surface area contributed by atoms with Crippen LogP contribution in [0.5, 0.6) is 0 Å². The zero-order valence-electron chi connectivity index (χ0n) is 15.1. The zero-order valence-corrected chi connectivity index (χ0v) is 15.1. The lowest BCUT2D eigenvalue weighted by Gasteiger charge is -2.23. The van der Waals surface area contributed by atoms with E-state index in [2.05, 4.69) is 0 Å². The number of hydrogen-bond acceptors (Lipinski definition) is 3. The Morgan fingerprint density at radius 3 is 1.32 bits per heavy atom. The lowest BCUT2D eigenvalue weighted by atomic mass is 9.81. The predicted molar refractivity (Wildman–Crippen MR) is 93.2 cm³/mol. The Bertz CT molecular complexity index is 621. The van der Waals surface area contributed by atoms with Gasteiger partial charge < -0.3 is 15.3 Å². The summed E-state index contributed by atoms with van der Waals surface area (Å²) in [5.41, 5.74) is 2.08. The molecule has 6 heteroatoms. The molecule has 1 aromatic carbocycles. The summed E-state index contributed by atoms with van der Waals surface area (Å²) in [4.78, 5) is 34.8. The van der Waals surface area contributed by atoms with Crippen molar-refractivity contribution in [3.8, 4) is 0 Å². The third-order valence-corrected chi connectivity index (χ3v) is 4.78. The van der Waals surface area contributed by atoms with Crippen molar-refractivity contribution in [3.05, 3.63) is 34.4 Å². The molecule has 0 spiro atoms. The first-order valence-electron chi connectivity index (χ1n) is 8.52. The maximum Gasteiger partial charge on any atom is 0.310 e. The monoisotopic (exact) mass is 350 g/mol. The van der Waals surface area contributed by atoms with Crippen molar-refractivity contribution < 1.29 is 29.7 Å². The van der Waals surface area contributed by atoms with Crippen LogP contribution in [0, 0.1) is 6.92 Å². The van der Waals surface area contributed by atoms with Gasteiger partial charge in [0.15, 0.2) is 0 Å². The molecule has 1 rings (SSSR count). The summed E-state index contributed by atoms with van der Waals surface area (Å²) in [7, 11) is 0. The molecule has 0 saturated carbocycles. The van der Waals surface area contributed by atoms with Gasteiger partial charge in [-0.25, -0.2) is 0 Å². The molecule has 3 N–H and O–H groups in total. The second kappa shape index (κ2) is 8.65. The molecule has 0 saturated heterocycles. The minimum absolute atomic E-state index is 0.338. The second-order valence-corrected chi connectivity index (χ2v) is 6.22. The van der Waals surface area contributed by atoms with Gasteiger partial charge in [-0.3, -0.25) is 14.4 Å². The number of benzene rings is 1. The van der Waals surface area contributed by atoms with Gasteiger partial charge in [-0.2, -0.15) is 0 Å². The first-order chi connectivity index (χ1) is 11.7. The molecule has 0 radical (unpaired) electrons. The molecule has 3 atom stereocenters. The van der Waals surface area contributed by atoms with Gasteiger partial charge in [0.1, 0.15) is 0 Å². The highest BCUT2D eigenvalue weighted by Crippen LogP contribution is 2.35. The molecule has 0 aliphatic rings. The number of carboxylic acid groups (broad SMARTS) is 3. The van der Waals surface area contributed by atoms with E-state index >= 15 is 0 Å². The van der Waals surface area contributed by atoms with Crippen LogP contribution in [0.2, 0.25) is 0 Å². The van der Waals surface area contributed by atoms with Crippen LogP contribution in [0.1, 0.15) is 80.0 Å². The van der Waals surface area contributed by atoms with Gasteiger partial charge in [0, 0.05) is 0 Å². The van der Waals surface area contributed by atoms with Crippen molar-refractivity contribution in [2.45, 2.75) is 64.7 Å². The standard InChI is InChI=1S/C19H26O6/c1-5-12(17(20)21)11-8-15(13(6-2)18(22)23)10(4)16(9-11)14(7-3)19(24)25/h8-9,12-14H,5-7H2,1-4H3,(H,20,21)(H,22,23)(H,24,25). The van der Waals surface area contributed by atoms with E-state index in [9.17, 15) is 29.7 Å². The Hall–Kier alpha value is -2.37. The van der Waals surface area contributed by atoms with Gasteiger partial charge in [0.25, 0.3) is 0 Å². The highest BCUT2D eigenvalue weighted by Gasteiger charge is 2.29. The predicted octanol–water partition coefficient (Wildman–Crippen LogP) is 3.73. The molecule has 138 valence electrons. The Morgan fingerprint density at radius 1 is 0.760 bits per heavy atom. The molecule has 0 aliphatic carbocycles. The molecule has 3 unspecified atom stereocenters. The van der Waals surface area contributed by atoms with Crippen LogP contribution in [0.25, 0.3) is 0 Å². The average Bonchev–Trinajstić information content (AvgIpc) is 2.52. The molecule has 0 fully saturated rings. The van der Waals surface area contributed by atoms with Gasteiger partial charge in [-0.05, 0) is 48.4 Å². The van der Waals surface area contributed by atoms with Crippen molar-refractivity contribution >= 4 is 17.9 Å². The molecule has 25 heavy (non-hydrogen) atoms. The first kappa shape index (κ1) is 20.7. The molecular formula is C19H26O6. The average molecular weight is 350 g/mol. The fourth-order valence-corrected chi connectivity index (χ4v) is 3.32. The van der Waals surface area contributed by atoms with E-state index in [4.69, 9.17) is 0 Å². The van der Waals surface area contributed by atoms with Gasteiger partial charge in [-0.15, -0.1) is 0 Å². The maximum atomic E-state index is 11.6. The van der Waals surface area contributed by atoms with E-state index in [1.54, 1.807) is 39.8 Å². The van der Waals surface area contributed by atoms with Gasteiger partial charge in [-0.1, -0.05) is 32.9 Å². The minimum Gasteiger partial charge on any atom is -0.481 e. The highest BCUT2D eigenvalue weighted by atomic mass is 16.4. The fourth-order valence-electron chi connectivity index (χ4n) is 3.32. The van der Waals surface area contributed by atoms with E-state index < -0.39 is 35.7 Å². The van der Waals surface area contributed by atoms with Gasteiger partial charge in [0.2, 0.25) is 0 Å². The first-order valence-corrected chi connectivity index (χ1v) is 8.52. The molecule has 0 heterocycles. The largest absolute Gasteiger partial charge is 0.481 e. The van der Waals surface area contributed by atoms with Crippen molar-refractivity contribution in [2.24, 2.45) is 0 Å². The van der Waals surface area contributed by atoms with Crippen LogP contribution >= 0.6 is 0 Å². The molecule has 0 aromatic heterocycles. The summed E-state index contributed by atoms with van der Waals surface area (Å²) in [6.07, 6.45) is 1.02. The normalized spacial score (nSPS) is 14.6. The number of rotatable bonds is 9. The van der Waals surface area contributed by atoms with E-state index in [0.717, 1.165) is 0 Å². The SMILES string of the molecule is CCC(C(=O)O)c1cc(C(CC)C(=O)O)c(C)c(C(CC)C(=O)O)c1. The van der Waals surface area contributed by atoms with Crippen molar-refractivity contribution in [2.75, 3.05) is 0 Å². The highest BCUT2D eigenvalue weighted by molar-refractivity contribution is 5.81. The third-order valence-electron chi connectivity index (χ3n) is 4.78. The third kappa shape index (κ3) is 4.38. The summed E-state index contributed by atoms with van der Waals surface area (Å²) in [5.74, 6) is -5.39. The number of hydrogen-bond donors (Lipinski definition) is 3. The molecule has 1 aromatic rings. The molecule has 0 amide bonds. The summed E-state index contributed by atoms with van der Waals surface area (Å²) in [6.45, 7) is 6.94. The quantitative estimate of drug-likeness (QED) is 0.625. The van der Waals surface area contributed by atoms with E-state index in [-0.39, 0.29) is 0 Å². The summed E-state index contributed by atoms with van der Waals surface area (Å²) < 4.78 is 0. The molecule has 0 aliphatic heterocycles. The summed E-state index contributed by atoms with van der Waals surface area (Å²) in [5, 5.41) is 28.5. The number of carbonyl (C=O) groups is 3. The lowest BCUT2D eigenvalue weighted by molar-refractivity contribution is -0.139. The number of carboxylic acids is 3. The molecular weight excluding hydrogens is 324 g/mol. The lowest BCUT2D eigenvalue weighted by Crippen LogP contribution is -2.19.